The maximum absolute atomic E-state index is 10.7. The van der Waals surface area contributed by atoms with Crippen molar-refractivity contribution in [1.29, 1.82) is 0 Å². The Bertz CT molecular complexity index is 436. The molecular weight excluding hydrogens is 214 g/mol. The Labute approximate surface area is 89.7 Å². The van der Waals surface area contributed by atoms with E-state index < -0.39 is 10.3 Å². The van der Waals surface area contributed by atoms with Crippen LogP contribution in [0.4, 0.5) is 0 Å². The summed E-state index contributed by atoms with van der Waals surface area (Å²) < 4.78 is 31.0. The first-order valence-electron chi connectivity index (χ1n) is 4.33. The number of rotatable bonds is 4. The van der Waals surface area contributed by atoms with E-state index in [-0.39, 0.29) is 6.54 Å². The molecule has 82 valence electrons. The Morgan fingerprint density at radius 3 is 2.33 bits per heavy atom. The highest BCUT2D eigenvalue weighted by Gasteiger charge is 2.12. The molecule has 0 spiro atoms. The van der Waals surface area contributed by atoms with Crippen molar-refractivity contribution in [3.63, 3.8) is 0 Å². The molecule has 0 saturated carbocycles. The molecule has 0 unspecified atom stereocenters. The average molecular weight is 227 g/mol. The Hall–Kier alpha value is -1.17. The van der Waals surface area contributed by atoms with Crippen LogP contribution in [0.3, 0.4) is 0 Å². The molecular formula is C10H13NO3S. The third-order valence-corrected chi connectivity index (χ3v) is 2.93. The van der Waals surface area contributed by atoms with Crippen LogP contribution < -0.4 is 0 Å². The van der Waals surface area contributed by atoms with Crippen LogP contribution in [-0.4, -0.2) is 24.3 Å². The SMILES string of the molecule is C=Cc1ccc(CN(C)S(=O)(=O)O)cc1. The Balaban J connectivity index is 2.78. The van der Waals surface area contributed by atoms with Gasteiger partial charge in [0.05, 0.1) is 0 Å². The zero-order chi connectivity index (χ0) is 11.5. The van der Waals surface area contributed by atoms with E-state index in [0.29, 0.717) is 0 Å². The molecule has 1 rings (SSSR count). The largest absolute Gasteiger partial charge is 0.335 e. The lowest BCUT2D eigenvalue weighted by Gasteiger charge is -2.12. The Kier molecular flexibility index (Phi) is 3.62. The highest BCUT2D eigenvalue weighted by Crippen LogP contribution is 2.08. The first-order chi connectivity index (χ1) is 6.93. The summed E-state index contributed by atoms with van der Waals surface area (Å²) in [6.45, 7) is 3.76. The van der Waals surface area contributed by atoms with Gasteiger partial charge in [-0.25, -0.2) is 0 Å². The summed E-state index contributed by atoms with van der Waals surface area (Å²) >= 11 is 0. The second kappa shape index (κ2) is 4.57. The van der Waals surface area contributed by atoms with Gasteiger partial charge in [-0.2, -0.15) is 12.7 Å². The molecule has 1 N–H and O–H groups in total. The molecule has 0 aliphatic heterocycles. The van der Waals surface area contributed by atoms with Gasteiger partial charge in [0.15, 0.2) is 0 Å². The lowest BCUT2D eigenvalue weighted by atomic mass is 10.1. The van der Waals surface area contributed by atoms with Gasteiger partial charge in [-0.05, 0) is 11.1 Å². The number of nitrogens with zero attached hydrogens (tertiary/aromatic N) is 1. The van der Waals surface area contributed by atoms with Crippen LogP contribution in [0.25, 0.3) is 6.08 Å². The predicted molar refractivity (Wildman–Crippen MR) is 59.5 cm³/mol. The molecule has 15 heavy (non-hydrogen) atoms. The van der Waals surface area contributed by atoms with E-state index in [2.05, 4.69) is 6.58 Å². The van der Waals surface area contributed by atoms with Crippen LogP contribution in [-0.2, 0) is 16.8 Å². The maximum atomic E-state index is 10.7. The van der Waals surface area contributed by atoms with Gasteiger partial charge in [-0.15, -0.1) is 0 Å². The molecule has 0 aliphatic rings. The molecule has 5 heteroatoms. The van der Waals surface area contributed by atoms with Gasteiger partial charge >= 0.3 is 10.3 Å². The van der Waals surface area contributed by atoms with Crippen molar-refractivity contribution in [2.75, 3.05) is 7.05 Å². The van der Waals surface area contributed by atoms with Crippen molar-refractivity contribution in [3.8, 4) is 0 Å². The molecule has 0 atom stereocenters. The second-order valence-corrected chi connectivity index (χ2v) is 4.70. The Morgan fingerprint density at radius 2 is 1.93 bits per heavy atom. The minimum Gasteiger partial charge on any atom is -0.273 e. The van der Waals surface area contributed by atoms with Crippen LogP contribution in [0.15, 0.2) is 30.8 Å². The third-order valence-electron chi connectivity index (χ3n) is 2.01. The highest BCUT2D eigenvalue weighted by atomic mass is 32.2. The maximum Gasteiger partial charge on any atom is 0.335 e. The fraction of sp³-hybridized carbons (Fsp3) is 0.200. The van der Waals surface area contributed by atoms with Crippen molar-refractivity contribution < 1.29 is 13.0 Å². The van der Waals surface area contributed by atoms with Gasteiger partial charge in [-0.3, -0.25) is 4.55 Å². The number of hydrogen-bond acceptors (Lipinski definition) is 2. The smallest absolute Gasteiger partial charge is 0.273 e. The van der Waals surface area contributed by atoms with Crippen LogP contribution in [0.2, 0.25) is 0 Å². The normalized spacial score (nSPS) is 11.7. The van der Waals surface area contributed by atoms with Crippen LogP contribution in [0, 0.1) is 0 Å². The molecule has 0 aliphatic carbocycles. The summed E-state index contributed by atoms with van der Waals surface area (Å²) in [4.78, 5) is 0. The lowest BCUT2D eigenvalue weighted by Crippen LogP contribution is -2.25. The molecule has 1 aromatic rings. The van der Waals surface area contributed by atoms with Crippen LogP contribution >= 0.6 is 0 Å². The van der Waals surface area contributed by atoms with Crippen molar-refractivity contribution in [2.45, 2.75) is 6.54 Å². The third kappa shape index (κ3) is 3.47. The summed E-state index contributed by atoms with van der Waals surface area (Å²) in [6, 6.07) is 7.25. The zero-order valence-corrected chi connectivity index (χ0v) is 9.24. The molecule has 0 heterocycles. The van der Waals surface area contributed by atoms with E-state index in [1.807, 2.05) is 12.1 Å². The molecule has 0 bridgehead atoms. The molecule has 0 aromatic heterocycles. The Morgan fingerprint density at radius 1 is 1.40 bits per heavy atom. The predicted octanol–water partition coefficient (Wildman–Crippen LogP) is 1.56. The summed E-state index contributed by atoms with van der Waals surface area (Å²) in [5.74, 6) is 0. The van der Waals surface area contributed by atoms with E-state index >= 15 is 0 Å². The highest BCUT2D eigenvalue weighted by molar-refractivity contribution is 7.83. The molecule has 1 aromatic carbocycles. The van der Waals surface area contributed by atoms with Gasteiger partial charge in [0.25, 0.3) is 0 Å². The van der Waals surface area contributed by atoms with Gasteiger partial charge in [-0.1, -0.05) is 36.9 Å². The summed E-state index contributed by atoms with van der Waals surface area (Å²) in [5.41, 5.74) is 1.77. The lowest BCUT2D eigenvalue weighted by molar-refractivity contribution is 0.384. The molecule has 0 fully saturated rings. The van der Waals surface area contributed by atoms with Crippen LogP contribution in [0.5, 0.6) is 0 Å². The molecule has 4 nitrogen and oxygen atoms in total. The van der Waals surface area contributed by atoms with Crippen molar-refractivity contribution in [1.82, 2.24) is 4.31 Å². The summed E-state index contributed by atoms with van der Waals surface area (Å²) in [7, 11) is -2.79. The van der Waals surface area contributed by atoms with Crippen molar-refractivity contribution in [2.24, 2.45) is 0 Å². The second-order valence-electron chi connectivity index (χ2n) is 3.18. The number of hydrogen-bond donors (Lipinski definition) is 1. The van der Waals surface area contributed by atoms with E-state index in [1.54, 1.807) is 18.2 Å². The van der Waals surface area contributed by atoms with Gasteiger partial charge in [0, 0.05) is 13.6 Å². The fourth-order valence-electron chi connectivity index (χ4n) is 1.10. The molecule has 0 radical (unpaired) electrons. The molecule has 0 amide bonds. The monoisotopic (exact) mass is 227 g/mol. The van der Waals surface area contributed by atoms with Crippen molar-refractivity contribution in [3.05, 3.63) is 42.0 Å². The van der Waals surface area contributed by atoms with Gasteiger partial charge in [0.1, 0.15) is 0 Å². The quantitative estimate of drug-likeness (QED) is 0.794. The van der Waals surface area contributed by atoms with E-state index in [0.717, 1.165) is 15.4 Å². The van der Waals surface area contributed by atoms with Gasteiger partial charge < -0.3 is 0 Å². The number of benzene rings is 1. The summed E-state index contributed by atoms with van der Waals surface area (Å²) in [6.07, 6.45) is 1.70. The summed E-state index contributed by atoms with van der Waals surface area (Å²) in [5, 5.41) is 0. The minimum atomic E-state index is -4.10. The average Bonchev–Trinajstić information content (AvgIpc) is 2.17. The van der Waals surface area contributed by atoms with Gasteiger partial charge in [0.2, 0.25) is 0 Å². The minimum absolute atomic E-state index is 0.149. The first kappa shape index (κ1) is 11.9. The van der Waals surface area contributed by atoms with Crippen LogP contribution in [0.1, 0.15) is 11.1 Å². The topological polar surface area (TPSA) is 57.6 Å². The van der Waals surface area contributed by atoms with E-state index in [1.165, 1.54) is 7.05 Å². The molecule has 0 saturated heterocycles. The standard InChI is InChI=1S/C10H13NO3S/c1-3-9-4-6-10(7-5-9)8-11(2)15(12,13)14/h3-7H,1,8H2,2H3,(H,12,13,14). The fourth-order valence-corrected chi connectivity index (χ4v) is 1.41. The van der Waals surface area contributed by atoms with E-state index in [4.69, 9.17) is 4.55 Å². The zero-order valence-electron chi connectivity index (χ0n) is 8.42. The van der Waals surface area contributed by atoms with Crippen molar-refractivity contribution >= 4 is 16.4 Å². The first-order valence-corrected chi connectivity index (χ1v) is 5.73. The van der Waals surface area contributed by atoms with E-state index in [9.17, 15) is 8.42 Å².